The van der Waals surface area contributed by atoms with Crippen molar-refractivity contribution in [3.05, 3.63) is 23.8 Å². The highest BCUT2D eigenvalue weighted by molar-refractivity contribution is 5.85. The lowest BCUT2D eigenvalue weighted by Crippen LogP contribution is -2.43. The molecule has 1 amide bonds. The van der Waals surface area contributed by atoms with Crippen LogP contribution >= 0.6 is 0 Å². The lowest BCUT2D eigenvalue weighted by molar-refractivity contribution is -0.149. The Morgan fingerprint density at radius 2 is 2.00 bits per heavy atom. The summed E-state index contributed by atoms with van der Waals surface area (Å²) >= 11 is 0. The van der Waals surface area contributed by atoms with Crippen molar-refractivity contribution >= 4 is 11.9 Å². The van der Waals surface area contributed by atoms with Crippen LogP contribution in [0.1, 0.15) is 25.3 Å². The molecule has 6 heteroatoms. The summed E-state index contributed by atoms with van der Waals surface area (Å²) in [6, 6.07) is 4.86. The molecule has 1 heterocycles. The first kappa shape index (κ1) is 17.1. The average Bonchev–Trinajstić information content (AvgIpc) is 3.03. The van der Waals surface area contributed by atoms with Gasteiger partial charge in [-0.15, -0.1) is 0 Å². The van der Waals surface area contributed by atoms with Crippen LogP contribution in [0.2, 0.25) is 0 Å². The fraction of sp³-hybridized carbons (Fsp3) is 0.529. The number of hydrogen-bond donors (Lipinski definition) is 1. The predicted octanol–water partition coefficient (Wildman–Crippen LogP) is 1.96. The summed E-state index contributed by atoms with van der Waals surface area (Å²) in [6.07, 6.45) is 1.80. The zero-order chi connectivity index (χ0) is 17.0. The van der Waals surface area contributed by atoms with Gasteiger partial charge in [-0.3, -0.25) is 4.79 Å². The molecule has 0 aromatic heterocycles. The van der Waals surface area contributed by atoms with E-state index in [0.29, 0.717) is 30.9 Å². The third-order valence-electron chi connectivity index (χ3n) is 4.23. The van der Waals surface area contributed by atoms with Gasteiger partial charge in [0.2, 0.25) is 5.91 Å². The van der Waals surface area contributed by atoms with Crippen LogP contribution in [0.15, 0.2) is 18.2 Å². The van der Waals surface area contributed by atoms with Gasteiger partial charge in [-0.1, -0.05) is 13.0 Å². The minimum absolute atomic E-state index is 0.107. The molecule has 1 aromatic rings. The van der Waals surface area contributed by atoms with Crippen LogP contribution in [0.5, 0.6) is 11.5 Å². The van der Waals surface area contributed by atoms with E-state index < -0.39 is 12.0 Å². The largest absolute Gasteiger partial charge is 0.493 e. The molecule has 2 rings (SSSR count). The third kappa shape index (κ3) is 3.75. The molecule has 6 nitrogen and oxygen atoms in total. The van der Waals surface area contributed by atoms with E-state index in [2.05, 4.69) is 0 Å². The molecule has 1 saturated heterocycles. The Labute approximate surface area is 136 Å². The Bertz CT molecular complexity index is 586. The molecule has 1 aliphatic rings. The molecule has 1 aliphatic heterocycles. The van der Waals surface area contributed by atoms with E-state index in [9.17, 15) is 14.7 Å². The summed E-state index contributed by atoms with van der Waals surface area (Å²) in [6.45, 7) is 2.35. The number of methoxy groups -OCH3 is 2. The highest BCUT2D eigenvalue weighted by atomic mass is 16.5. The van der Waals surface area contributed by atoms with Gasteiger partial charge in [-0.2, -0.15) is 0 Å². The standard InChI is InChI=1S/C17H23NO5/c1-11(16(19)18-8-4-5-13(18)17(20)21)9-12-6-7-14(22-2)15(10-12)23-3/h6-7,10-11,13H,4-5,8-9H2,1-3H3,(H,20,21)/t11?,13-/m1/s1. The van der Waals surface area contributed by atoms with Crippen LogP contribution in [0.25, 0.3) is 0 Å². The number of benzene rings is 1. The molecular weight excluding hydrogens is 298 g/mol. The van der Waals surface area contributed by atoms with E-state index in [1.165, 1.54) is 4.90 Å². The minimum Gasteiger partial charge on any atom is -0.493 e. The molecule has 2 atom stereocenters. The summed E-state index contributed by atoms with van der Waals surface area (Å²) in [5.74, 6) is -0.0538. The molecule has 0 spiro atoms. The van der Waals surface area contributed by atoms with E-state index in [-0.39, 0.29) is 11.8 Å². The van der Waals surface area contributed by atoms with Gasteiger partial charge in [-0.25, -0.2) is 4.79 Å². The van der Waals surface area contributed by atoms with Gasteiger partial charge in [0.1, 0.15) is 6.04 Å². The highest BCUT2D eigenvalue weighted by Crippen LogP contribution is 2.29. The number of carboxylic acid groups (broad SMARTS) is 1. The van der Waals surface area contributed by atoms with E-state index in [1.54, 1.807) is 20.3 Å². The van der Waals surface area contributed by atoms with Crippen molar-refractivity contribution in [1.29, 1.82) is 0 Å². The van der Waals surface area contributed by atoms with Crippen molar-refractivity contribution in [3.63, 3.8) is 0 Å². The molecule has 0 saturated carbocycles. The zero-order valence-electron chi connectivity index (χ0n) is 13.7. The van der Waals surface area contributed by atoms with Gasteiger partial charge in [0, 0.05) is 12.5 Å². The maximum atomic E-state index is 12.5. The second-order valence-corrected chi connectivity index (χ2v) is 5.82. The number of carbonyl (C=O) groups is 2. The van der Waals surface area contributed by atoms with Crippen LogP contribution in [-0.2, 0) is 16.0 Å². The second kappa shape index (κ2) is 7.35. The van der Waals surface area contributed by atoms with Crippen LogP contribution in [0, 0.1) is 5.92 Å². The van der Waals surface area contributed by atoms with Crippen molar-refractivity contribution in [2.75, 3.05) is 20.8 Å². The van der Waals surface area contributed by atoms with Crippen molar-refractivity contribution in [1.82, 2.24) is 4.90 Å². The Kier molecular flexibility index (Phi) is 5.47. The first-order valence-corrected chi connectivity index (χ1v) is 7.72. The highest BCUT2D eigenvalue weighted by Gasteiger charge is 2.35. The van der Waals surface area contributed by atoms with Crippen molar-refractivity contribution in [2.45, 2.75) is 32.2 Å². The average molecular weight is 321 g/mol. The van der Waals surface area contributed by atoms with Gasteiger partial charge in [0.15, 0.2) is 11.5 Å². The maximum Gasteiger partial charge on any atom is 0.326 e. The maximum absolute atomic E-state index is 12.5. The van der Waals surface area contributed by atoms with Crippen LogP contribution in [0.3, 0.4) is 0 Å². The summed E-state index contributed by atoms with van der Waals surface area (Å²) in [4.78, 5) is 25.3. The Balaban J connectivity index is 2.08. The first-order valence-electron chi connectivity index (χ1n) is 7.72. The van der Waals surface area contributed by atoms with Gasteiger partial charge < -0.3 is 19.5 Å². The molecule has 0 aliphatic carbocycles. The van der Waals surface area contributed by atoms with Crippen molar-refractivity contribution < 1.29 is 24.2 Å². The smallest absolute Gasteiger partial charge is 0.326 e. The number of carboxylic acids is 1. The lowest BCUT2D eigenvalue weighted by atomic mass is 9.99. The second-order valence-electron chi connectivity index (χ2n) is 5.82. The van der Waals surface area contributed by atoms with Gasteiger partial charge in [0.05, 0.1) is 14.2 Å². The fourth-order valence-corrected chi connectivity index (χ4v) is 3.02. The normalized spacial score (nSPS) is 18.6. The summed E-state index contributed by atoms with van der Waals surface area (Å²) in [5.41, 5.74) is 0.953. The van der Waals surface area contributed by atoms with Gasteiger partial charge in [-0.05, 0) is 37.0 Å². The van der Waals surface area contributed by atoms with Crippen molar-refractivity contribution in [3.8, 4) is 11.5 Å². The molecule has 126 valence electrons. The number of hydrogen-bond acceptors (Lipinski definition) is 4. The van der Waals surface area contributed by atoms with E-state index in [1.807, 2.05) is 19.1 Å². The predicted molar refractivity (Wildman–Crippen MR) is 84.8 cm³/mol. The SMILES string of the molecule is COc1ccc(CC(C)C(=O)N2CCC[C@@H]2C(=O)O)cc1OC. The quantitative estimate of drug-likeness (QED) is 0.867. The topological polar surface area (TPSA) is 76.1 Å². The molecule has 23 heavy (non-hydrogen) atoms. The van der Waals surface area contributed by atoms with Crippen LogP contribution in [0.4, 0.5) is 0 Å². The number of aliphatic carboxylic acids is 1. The third-order valence-corrected chi connectivity index (χ3v) is 4.23. The van der Waals surface area contributed by atoms with Crippen molar-refractivity contribution in [2.24, 2.45) is 5.92 Å². The summed E-state index contributed by atoms with van der Waals surface area (Å²) in [5, 5.41) is 9.21. The number of amides is 1. The molecule has 1 unspecified atom stereocenters. The van der Waals surface area contributed by atoms with E-state index in [4.69, 9.17) is 9.47 Å². The van der Waals surface area contributed by atoms with E-state index >= 15 is 0 Å². The molecule has 1 aromatic carbocycles. The Morgan fingerprint density at radius 3 is 2.61 bits per heavy atom. The molecular formula is C17H23NO5. The Hall–Kier alpha value is -2.24. The van der Waals surface area contributed by atoms with Gasteiger partial charge >= 0.3 is 5.97 Å². The lowest BCUT2D eigenvalue weighted by Gasteiger charge is -2.25. The number of carbonyl (C=O) groups excluding carboxylic acids is 1. The number of rotatable bonds is 6. The van der Waals surface area contributed by atoms with Crippen LogP contribution < -0.4 is 9.47 Å². The number of nitrogens with zero attached hydrogens (tertiary/aromatic N) is 1. The van der Waals surface area contributed by atoms with E-state index in [0.717, 1.165) is 12.0 Å². The summed E-state index contributed by atoms with van der Waals surface area (Å²) < 4.78 is 10.5. The molecule has 1 N–H and O–H groups in total. The van der Waals surface area contributed by atoms with Gasteiger partial charge in [0.25, 0.3) is 0 Å². The Morgan fingerprint density at radius 1 is 1.30 bits per heavy atom. The molecule has 1 fully saturated rings. The fourth-order valence-electron chi connectivity index (χ4n) is 3.02. The van der Waals surface area contributed by atoms with Crippen LogP contribution in [-0.4, -0.2) is 48.7 Å². The summed E-state index contributed by atoms with van der Waals surface area (Å²) in [7, 11) is 3.14. The number of likely N-dealkylation sites (tertiary alicyclic amines) is 1. The monoisotopic (exact) mass is 321 g/mol. The first-order chi connectivity index (χ1) is 11.0. The molecule has 0 radical (unpaired) electrons. The molecule has 0 bridgehead atoms. The minimum atomic E-state index is -0.922. The zero-order valence-corrected chi connectivity index (χ0v) is 13.7. The number of ether oxygens (including phenoxy) is 2.